The van der Waals surface area contributed by atoms with Gasteiger partial charge in [0.15, 0.2) is 0 Å². The van der Waals surface area contributed by atoms with Gasteiger partial charge in [-0.3, -0.25) is 0 Å². The van der Waals surface area contributed by atoms with E-state index in [-0.39, 0.29) is 0 Å². The maximum absolute atomic E-state index is 5.51. The number of unbranched alkanes of at least 4 members (excludes halogenated alkanes) is 2. The lowest BCUT2D eigenvalue weighted by Crippen LogP contribution is -2.26. The van der Waals surface area contributed by atoms with Crippen molar-refractivity contribution in [3.8, 4) is 0 Å². The molecule has 0 aliphatic rings. The Balaban J connectivity index is 3.48. The molecular formula is C15H30N2. The lowest BCUT2D eigenvalue weighted by molar-refractivity contribution is 0.328. The van der Waals surface area contributed by atoms with Crippen LogP contribution in [0.3, 0.4) is 0 Å². The molecule has 0 rings (SSSR count). The second-order valence-corrected chi connectivity index (χ2v) is 4.80. The summed E-state index contributed by atoms with van der Waals surface area (Å²) in [5.41, 5.74) is 5.51. The molecule has 2 nitrogen and oxygen atoms in total. The Morgan fingerprint density at radius 1 is 1.12 bits per heavy atom. The van der Waals surface area contributed by atoms with E-state index in [1.54, 1.807) is 0 Å². The zero-order chi connectivity index (χ0) is 12.9. The van der Waals surface area contributed by atoms with Crippen molar-refractivity contribution >= 4 is 0 Å². The highest BCUT2D eigenvalue weighted by Crippen LogP contribution is 2.17. The molecule has 1 unspecified atom stereocenters. The van der Waals surface area contributed by atoms with Crippen molar-refractivity contribution in [2.24, 2.45) is 11.7 Å². The molecule has 0 radical (unpaired) electrons. The summed E-state index contributed by atoms with van der Waals surface area (Å²) in [5, 5.41) is 0. The van der Waals surface area contributed by atoms with E-state index in [4.69, 9.17) is 5.73 Å². The molecule has 1 atom stereocenters. The van der Waals surface area contributed by atoms with Crippen LogP contribution in [-0.4, -0.2) is 31.6 Å². The fraction of sp³-hybridized carbons (Fsp3) is 0.733. The Morgan fingerprint density at radius 3 is 2.41 bits per heavy atom. The van der Waals surface area contributed by atoms with Gasteiger partial charge < -0.3 is 10.6 Å². The van der Waals surface area contributed by atoms with Crippen molar-refractivity contribution < 1.29 is 0 Å². The SMILES string of the molecule is C=CCCCC(C=C)CCCCN(C)CCN. The van der Waals surface area contributed by atoms with Gasteiger partial charge in [-0.25, -0.2) is 0 Å². The van der Waals surface area contributed by atoms with Crippen molar-refractivity contribution in [1.29, 1.82) is 0 Å². The van der Waals surface area contributed by atoms with E-state index in [9.17, 15) is 0 Å². The quantitative estimate of drug-likeness (QED) is 0.418. The van der Waals surface area contributed by atoms with Gasteiger partial charge in [-0.2, -0.15) is 0 Å². The van der Waals surface area contributed by atoms with E-state index in [1.165, 1.54) is 32.1 Å². The highest BCUT2D eigenvalue weighted by Gasteiger charge is 2.04. The second-order valence-electron chi connectivity index (χ2n) is 4.80. The van der Waals surface area contributed by atoms with Gasteiger partial charge in [0.05, 0.1) is 0 Å². The number of rotatable bonds is 12. The number of hydrogen-bond donors (Lipinski definition) is 1. The Hall–Kier alpha value is -0.600. The molecule has 100 valence electrons. The number of likely N-dealkylation sites (N-methyl/N-ethyl adjacent to an activating group) is 1. The van der Waals surface area contributed by atoms with Crippen molar-refractivity contribution in [1.82, 2.24) is 4.90 Å². The van der Waals surface area contributed by atoms with Gasteiger partial charge >= 0.3 is 0 Å². The Kier molecular flexibility index (Phi) is 11.5. The van der Waals surface area contributed by atoms with Crippen LogP contribution in [0.15, 0.2) is 25.3 Å². The van der Waals surface area contributed by atoms with Crippen molar-refractivity contribution in [3.05, 3.63) is 25.3 Å². The first-order valence-electron chi connectivity index (χ1n) is 6.86. The highest BCUT2D eigenvalue weighted by atomic mass is 15.1. The monoisotopic (exact) mass is 238 g/mol. The number of hydrogen-bond acceptors (Lipinski definition) is 2. The van der Waals surface area contributed by atoms with Crippen LogP contribution in [0.25, 0.3) is 0 Å². The zero-order valence-corrected chi connectivity index (χ0v) is 11.5. The summed E-state index contributed by atoms with van der Waals surface area (Å²) in [5.74, 6) is 0.690. The molecule has 17 heavy (non-hydrogen) atoms. The van der Waals surface area contributed by atoms with E-state index in [2.05, 4.69) is 31.2 Å². The minimum absolute atomic E-state index is 0.690. The Labute approximate surface area is 108 Å². The van der Waals surface area contributed by atoms with Crippen LogP contribution in [0.5, 0.6) is 0 Å². The molecule has 0 heterocycles. The number of nitrogens with zero attached hydrogens (tertiary/aromatic N) is 1. The van der Waals surface area contributed by atoms with Crippen molar-refractivity contribution in [3.63, 3.8) is 0 Å². The van der Waals surface area contributed by atoms with Crippen LogP contribution in [-0.2, 0) is 0 Å². The summed E-state index contributed by atoms with van der Waals surface area (Å²) in [6, 6.07) is 0. The van der Waals surface area contributed by atoms with E-state index in [1.807, 2.05) is 6.08 Å². The minimum Gasteiger partial charge on any atom is -0.329 e. The second kappa shape index (κ2) is 11.9. The Bertz CT molecular complexity index is 189. The molecule has 0 saturated heterocycles. The molecular weight excluding hydrogens is 208 g/mol. The molecule has 2 N–H and O–H groups in total. The topological polar surface area (TPSA) is 29.3 Å². The molecule has 0 spiro atoms. The normalized spacial score (nSPS) is 12.6. The molecule has 0 saturated carbocycles. The van der Waals surface area contributed by atoms with Crippen LogP contribution in [0.4, 0.5) is 0 Å². The van der Waals surface area contributed by atoms with Crippen LogP contribution in [0, 0.1) is 5.92 Å². The molecule has 0 aromatic heterocycles. The summed E-state index contributed by atoms with van der Waals surface area (Å²) in [7, 11) is 2.14. The maximum Gasteiger partial charge on any atom is 0.0102 e. The van der Waals surface area contributed by atoms with E-state index in [0.29, 0.717) is 5.92 Å². The third-order valence-corrected chi connectivity index (χ3v) is 3.19. The first-order chi connectivity index (χ1) is 8.24. The molecule has 0 bridgehead atoms. The molecule has 0 aliphatic heterocycles. The van der Waals surface area contributed by atoms with E-state index in [0.717, 1.165) is 26.1 Å². The summed E-state index contributed by atoms with van der Waals surface area (Å²) in [6.07, 6.45) is 11.6. The lowest BCUT2D eigenvalue weighted by Gasteiger charge is -2.16. The maximum atomic E-state index is 5.51. The smallest absolute Gasteiger partial charge is 0.0102 e. The van der Waals surface area contributed by atoms with Crippen LogP contribution in [0.1, 0.15) is 38.5 Å². The van der Waals surface area contributed by atoms with Gasteiger partial charge in [0.2, 0.25) is 0 Å². The van der Waals surface area contributed by atoms with Crippen molar-refractivity contribution in [2.45, 2.75) is 38.5 Å². The average molecular weight is 238 g/mol. The van der Waals surface area contributed by atoms with Gasteiger partial charge in [0.1, 0.15) is 0 Å². The number of nitrogens with two attached hydrogens (primary N) is 1. The van der Waals surface area contributed by atoms with Gasteiger partial charge in [0, 0.05) is 13.1 Å². The first kappa shape index (κ1) is 16.4. The first-order valence-corrected chi connectivity index (χ1v) is 6.86. The minimum atomic E-state index is 0.690. The van der Waals surface area contributed by atoms with Gasteiger partial charge in [0.25, 0.3) is 0 Å². The third-order valence-electron chi connectivity index (χ3n) is 3.19. The summed E-state index contributed by atoms with van der Waals surface area (Å²) >= 11 is 0. The Morgan fingerprint density at radius 2 is 1.82 bits per heavy atom. The molecule has 0 aliphatic carbocycles. The molecule has 2 heteroatoms. The largest absolute Gasteiger partial charge is 0.329 e. The summed E-state index contributed by atoms with van der Waals surface area (Å²) in [6.45, 7) is 10.6. The lowest BCUT2D eigenvalue weighted by atomic mass is 9.96. The van der Waals surface area contributed by atoms with E-state index >= 15 is 0 Å². The van der Waals surface area contributed by atoms with E-state index < -0.39 is 0 Å². The predicted octanol–water partition coefficient (Wildman–Crippen LogP) is 3.21. The molecule has 0 fully saturated rings. The number of allylic oxidation sites excluding steroid dienone is 2. The predicted molar refractivity (Wildman–Crippen MR) is 78.1 cm³/mol. The molecule has 0 aromatic rings. The molecule has 0 aromatic carbocycles. The van der Waals surface area contributed by atoms with Crippen LogP contribution in [0.2, 0.25) is 0 Å². The standard InChI is InChI=1S/C15H30N2/c1-4-6-7-10-15(5-2)11-8-9-13-17(3)14-12-16/h4-5,15H,1-2,6-14,16H2,3H3. The molecule has 0 amide bonds. The van der Waals surface area contributed by atoms with Crippen LogP contribution >= 0.6 is 0 Å². The van der Waals surface area contributed by atoms with Gasteiger partial charge in [-0.05, 0) is 51.6 Å². The fourth-order valence-electron chi connectivity index (χ4n) is 2.02. The third kappa shape index (κ3) is 10.3. The fourth-order valence-corrected chi connectivity index (χ4v) is 2.02. The zero-order valence-electron chi connectivity index (χ0n) is 11.5. The van der Waals surface area contributed by atoms with Gasteiger partial charge in [-0.1, -0.05) is 18.6 Å². The van der Waals surface area contributed by atoms with Crippen LogP contribution < -0.4 is 5.73 Å². The summed E-state index contributed by atoms with van der Waals surface area (Å²) < 4.78 is 0. The highest BCUT2D eigenvalue weighted by molar-refractivity contribution is 4.80. The van der Waals surface area contributed by atoms with Gasteiger partial charge in [-0.15, -0.1) is 13.2 Å². The summed E-state index contributed by atoms with van der Waals surface area (Å²) in [4.78, 5) is 2.31. The average Bonchev–Trinajstić information content (AvgIpc) is 2.32. The van der Waals surface area contributed by atoms with Crippen molar-refractivity contribution in [2.75, 3.05) is 26.7 Å².